The molecule has 1 amide bonds. The van der Waals surface area contributed by atoms with E-state index in [9.17, 15) is 17.6 Å². The third-order valence-corrected chi connectivity index (χ3v) is 6.96. The summed E-state index contributed by atoms with van der Waals surface area (Å²) in [5, 5.41) is 2.88. The molecule has 1 N–H and O–H groups in total. The Kier molecular flexibility index (Phi) is 7.95. The van der Waals surface area contributed by atoms with Crippen molar-refractivity contribution in [3.05, 3.63) is 66.0 Å². The number of halogens is 1. The van der Waals surface area contributed by atoms with Gasteiger partial charge in [-0.1, -0.05) is 30.3 Å². The molecule has 0 spiro atoms. The Morgan fingerprint density at radius 1 is 1.13 bits per heavy atom. The summed E-state index contributed by atoms with van der Waals surface area (Å²) in [6.45, 7) is 2.04. The van der Waals surface area contributed by atoms with Crippen LogP contribution in [0.4, 0.5) is 4.39 Å². The SMILES string of the molecule is O=C(NCCCOCc1ccccc1)C1CCCN(S(=O)(=O)c2ccc(F)cc2)C1. The van der Waals surface area contributed by atoms with E-state index in [0.29, 0.717) is 45.6 Å². The molecule has 1 saturated heterocycles. The van der Waals surface area contributed by atoms with Gasteiger partial charge in [0.1, 0.15) is 5.82 Å². The Labute approximate surface area is 177 Å². The Morgan fingerprint density at radius 3 is 2.60 bits per heavy atom. The number of ether oxygens (including phenoxy) is 1. The molecule has 2 aromatic carbocycles. The number of carbonyl (C=O) groups is 1. The monoisotopic (exact) mass is 434 g/mol. The van der Waals surface area contributed by atoms with Crippen molar-refractivity contribution < 1.29 is 22.3 Å². The zero-order valence-electron chi connectivity index (χ0n) is 16.8. The van der Waals surface area contributed by atoms with Crippen molar-refractivity contribution in [3.63, 3.8) is 0 Å². The molecule has 1 fully saturated rings. The molecular formula is C22H27FN2O4S. The highest BCUT2D eigenvalue weighted by Gasteiger charge is 2.33. The number of sulfonamides is 1. The molecule has 6 nitrogen and oxygen atoms in total. The van der Waals surface area contributed by atoms with Crippen molar-refractivity contribution >= 4 is 15.9 Å². The summed E-state index contributed by atoms with van der Waals surface area (Å²) in [6.07, 6.45) is 1.94. The molecular weight excluding hydrogens is 407 g/mol. The van der Waals surface area contributed by atoms with Crippen LogP contribution in [0.1, 0.15) is 24.8 Å². The first-order valence-corrected chi connectivity index (χ1v) is 11.6. The van der Waals surface area contributed by atoms with Gasteiger partial charge in [0.25, 0.3) is 0 Å². The average Bonchev–Trinajstić information content (AvgIpc) is 2.77. The second-order valence-corrected chi connectivity index (χ2v) is 9.28. The van der Waals surface area contributed by atoms with Crippen LogP contribution in [0.15, 0.2) is 59.5 Å². The second kappa shape index (κ2) is 10.7. The molecule has 0 bridgehead atoms. The fraction of sp³-hybridized carbons (Fsp3) is 0.409. The molecule has 162 valence electrons. The molecule has 1 atom stereocenters. The Morgan fingerprint density at radius 2 is 1.87 bits per heavy atom. The minimum Gasteiger partial charge on any atom is -0.377 e. The number of hydrogen-bond donors (Lipinski definition) is 1. The molecule has 1 heterocycles. The van der Waals surface area contributed by atoms with E-state index in [1.165, 1.54) is 16.4 Å². The lowest BCUT2D eigenvalue weighted by molar-refractivity contribution is -0.126. The second-order valence-electron chi connectivity index (χ2n) is 7.34. The Bertz CT molecular complexity index is 920. The Hall–Kier alpha value is -2.29. The predicted octanol–water partition coefficient (Wildman–Crippen LogP) is 2.95. The molecule has 0 aliphatic carbocycles. The van der Waals surface area contributed by atoms with Gasteiger partial charge in [-0.3, -0.25) is 4.79 Å². The van der Waals surface area contributed by atoms with Gasteiger partial charge in [-0.05, 0) is 49.1 Å². The van der Waals surface area contributed by atoms with Crippen LogP contribution in [0, 0.1) is 11.7 Å². The van der Waals surface area contributed by atoms with Crippen molar-refractivity contribution in [2.24, 2.45) is 5.92 Å². The fourth-order valence-corrected chi connectivity index (χ4v) is 4.95. The van der Waals surface area contributed by atoms with Gasteiger partial charge in [-0.15, -0.1) is 0 Å². The van der Waals surface area contributed by atoms with E-state index in [0.717, 1.165) is 17.7 Å². The third-order valence-electron chi connectivity index (χ3n) is 5.08. The minimum atomic E-state index is -3.74. The van der Waals surface area contributed by atoms with Gasteiger partial charge in [0, 0.05) is 26.2 Å². The van der Waals surface area contributed by atoms with Crippen LogP contribution in [0.5, 0.6) is 0 Å². The summed E-state index contributed by atoms with van der Waals surface area (Å²) < 4.78 is 45.6. The van der Waals surface area contributed by atoms with Crippen LogP contribution in [0.2, 0.25) is 0 Å². The zero-order chi connectivity index (χ0) is 21.4. The van der Waals surface area contributed by atoms with Crippen molar-refractivity contribution in [2.45, 2.75) is 30.8 Å². The van der Waals surface area contributed by atoms with E-state index < -0.39 is 15.8 Å². The number of nitrogens with one attached hydrogen (secondary N) is 1. The number of benzene rings is 2. The van der Waals surface area contributed by atoms with E-state index in [1.54, 1.807) is 0 Å². The smallest absolute Gasteiger partial charge is 0.243 e. The summed E-state index contributed by atoms with van der Waals surface area (Å²) in [5.74, 6) is -1.02. The van der Waals surface area contributed by atoms with Gasteiger partial charge >= 0.3 is 0 Å². The molecule has 0 radical (unpaired) electrons. The van der Waals surface area contributed by atoms with Crippen LogP contribution in [-0.4, -0.2) is 44.9 Å². The van der Waals surface area contributed by atoms with Gasteiger partial charge in [0.05, 0.1) is 17.4 Å². The van der Waals surface area contributed by atoms with Crippen molar-refractivity contribution in [2.75, 3.05) is 26.2 Å². The van der Waals surface area contributed by atoms with Crippen molar-refractivity contribution in [3.8, 4) is 0 Å². The zero-order valence-corrected chi connectivity index (χ0v) is 17.6. The molecule has 2 aromatic rings. The Balaban J connectivity index is 1.42. The highest BCUT2D eigenvalue weighted by molar-refractivity contribution is 7.89. The van der Waals surface area contributed by atoms with Crippen LogP contribution >= 0.6 is 0 Å². The molecule has 8 heteroatoms. The number of rotatable bonds is 9. The van der Waals surface area contributed by atoms with Crippen molar-refractivity contribution in [1.29, 1.82) is 0 Å². The molecule has 1 aliphatic rings. The van der Waals surface area contributed by atoms with Gasteiger partial charge in [-0.2, -0.15) is 4.31 Å². The van der Waals surface area contributed by atoms with Crippen molar-refractivity contribution in [1.82, 2.24) is 9.62 Å². The lowest BCUT2D eigenvalue weighted by Gasteiger charge is -2.31. The highest BCUT2D eigenvalue weighted by Crippen LogP contribution is 2.24. The van der Waals surface area contributed by atoms with E-state index >= 15 is 0 Å². The van der Waals surface area contributed by atoms with Gasteiger partial charge < -0.3 is 10.1 Å². The molecule has 0 saturated carbocycles. The highest BCUT2D eigenvalue weighted by atomic mass is 32.2. The lowest BCUT2D eigenvalue weighted by Crippen LogP contribution is -2.45. The summed E-state index contributed by atoms with van der Waals surface area (Å²) in [4.78, 5) is 12.5. The van der Waals surface area contributed by atoms with E-state index in [4.69, 9.17) is 4.74 Å². The topological polar surface area (TPSA) is 75.7 Å². The summed E-state index contributed by atoms with van der Waals surface area (Å²) in [7, 11) is -3.74. The molecule has 30 heavy (non-hydrogen) atoms. The van der Waals surface area contributed by atoms with Crippen LogP contribution in [0.25, 0.3) is 0 Å². The molecule has 3 rings (SSSR count). The number of carbonyl (C=O) groups excluding carboxylic acids is 1. The van der Waals surface area contributed by atoms with E-state index in [1.807, 2.05) is 30.3 Å². The van der Waals surface area contributed by atoms with E-state index in [-0.39, 0.29) is 23.3 Å². The number of hydrogen-bond acceptors (Lipinski definition) is 4. The number of nitrogens with zero attached hydrogens (tertiary/aromatic N) is 1. The number of piperidine rings is 1. The van der Waals surface area contributed by atoms with Gasteiger partial charge in [0.15, 0.2) is 0 Å². The van der Waals surface area contributed by atoms with Gasteiger partial charge in [-0.25, -0.2) is 12.8 Å². The molecule has 1 aliphatic heterocycles. The van der Waals surface area contributed by atoms with Gasteiger partial charge in [0.2, 0.25) is 15.9 Å². The third kappa shape index (κ3) is 6.10. The summed E-state index contributed by atoms with van der Waals surface area (Å²) in [6, 6.07) is 14.6. The summed E-state index contributed by atoms with van der Waals surface area (Å²) in [5.41, 5.74) is 1.10. The summed E-state index contributed by atoms with van der Waals surface area (Å²) >= 11 is 0. The van der Waals surface area contributed by atoms with Crippen LogP contribution < -0.4 is 5.32 Å². The maximum absolute atomic E-state index is 13.1. The first-order chi connectivity index (χ1) is 14.5. The largest absolute Gasteiger partial charge is 0.377 e. The first kappa shape index (κ1) is 22.4. The van der Waals surface area contributed by atoms with Crippen LogP contribution in [0.3, 0.4) is 0 Å². The molecule has 0 aromatic heterocycles. The van der Waals surface area contributed by atoms with Crippen LogP contribution in [-0.2, 0) is 26.2 Å². The lowest BCUT2D eigenvalue weighted by atomic mass is 9.99. The number of amides is 1. The maximum atomic E-state index is 13.1. The minimum absolute atomic E-state index is 0.0422. The first-order valence-electron chi connectivity index (χ1n) is 10.1. The maximum Gasteiger partial charge on any atom is 0.243 e. The standard InChI is InChI=1S/C22H27FN2O4S/c23-20-9-11-21(12-10-20)30(27,28)25-14-4-8-19(16-25)22(26)24-13-5-15-29-17-18-6-2-1-3-7-18/h1-3,6-7,9-12,19H,4-5,8,13-17H2,(H,24,26). The fourth-order valence-electron chi connectivity index (χ4n) is 3.42. The quantitative estimate of drug-likeness (QED) is 0.616. The average molecular weight is 435 g/mol. The predicted molar refractivity (Wildman–Crippen MR) is 112 cm³/mol. The van der Waals surface area contributed by atoms with E-state index in [2.05, 4.69) is 5.32 Å². The normalized spacial score (nSPS) is 17.6. The molecule has 1 unspecified atom stereocenters.